The molecule has 118 valence electrons. The first-order valence-electron chi connectivity index (χ1n) is 8.55. The first-order valence-corrected chi connectivity index (χ1v) is 8.55. The Labute approximate surface area is 131 Å². The van der Waals surface area contributed by atoms with Crippen molar-refractivity contribution in [3.8, 4) is 0 Å². The third kappa shape index (κ3) is 5.03. The summed E-state index contributed by atoms with van der Waals surface area (Å²) in [5.74, 6) is 1.82. The highest BCUT2D eigenvalue weighted by Crippen LogP contribution is 2.24. The summed E-state index contributed by atoms with van der Waals surface area (Å²) in [6.07, 6.45) is 9.53. The Morgan fingerprint density at radius 3 is 2.24 bits per heavy atom. The molecule has 0 atom stereocenters. The molecule has 0 N–H and O–H groups in total. The van der Waals surface area contributed by atoms with E-state index in [1.807, 2.05) is 13.0 Å². The van der Waals surface area contributed by atoms with Crippen LogP contribution in [0.15, 0.2) is 36.6 Å². The van der Waals surface area contributed by atoms with E-state index < -0.39 is 0 Å². The molecule has 0 spiro atoms. The van der Waals surface area contributed by atoms with Gasteiger partial charge in [-0.2, -0.15) is 0 Å². The summed E-state index contributed by atoms with van der Waals surface area (Å²) in [4.78, 5) is 5.16. The lowest BCUT2D eigenvalue weighted by Crippen LogP contribution is -2.40. The summed E-state index contributed by atoms with van der Waals surface area (Å²) in [5, 5.41) is 0. The molecule has 0 saturated carbocycles. The summed E-state index contributed by atoms with van der Waals surface area (Å²) >= 11 is 0. The van der Waals surface area contributed by atoms with Gasteiger partial charge in [-0.15, -0.1) is 0 Å². The number of rotatable bonds is 5. The van der Waals surface area contributed by atoms with Gasteiger partial charge in [0.25, 0.3) is 0 Å². The van der Waals surface area contributed by atoms with Crippen molar-refractivity contribution in [1.82, 2.24) is 9.80 Å². The number of hydrogen-bond donors (Lipinski definition) is 0. The molecular formula is C19H32N2. The van der Waals surface area contributed by atoms with Crippen molar-refractivity contribution >= 4 is 0 Å². The number of hydrogen-bond acceptors (Lipinski definition) is 2. The molecule has 0 aromatic heterocycles. The molecule has 0 aromatic rings. The van der Waals surface area contributed by atoms with Gasteiger partial charge in [-0.05, 0) is 69.7 Å². The van der Waals surface area contributed by atoms with Gasteiger partial charge in [-0.1, -0.05) is 25.7 Å². The van der Waals surface area contributed by atoms with Gasteiger partial charge < -0.3 is 9.80 Å². The first-order chi connectivity index (χ1) is 10.1. The largest absolute Gasteiger partial charge is 0.372 e. The summed E-state index contributed by atoms with van der Waals surface area (Å²) in [7, 11) is 0. The lowest BCUT2D eigenvalue weighted by Gasteiger charge is -2.38. The van der Waals surface area contributed by atoms with Crippen LogP contribution in [0.2, 0.25) is 0 Å². The fraction of sp³-hybridized carbons (Fsp3) is 0.684. The van der Waals surface area contributed by atoms with Crippen LogP contribution >= 0.6 is 0 Å². The van der Waals surface area contributed by atoms with Crippen molar-refractivity contribution in [3.05, 3.63) is 36.6 Å². The van der Waals surface area contributed by atoms with Crippen LogP contribution in [0.3, 0.4) is 0 Å². The summed E-state index contributed by atoms with van der Waals surface area (Å²) in [6.45, 7) is 18.6. The second kappa shape index (κ2) is 7.84. The Morgan fingerprint density at radius 2 is 1.71 bits per heavy atom. The van der Waals surface area contributed by atoms with Crippen LogP contribution in [-0.4, -0.2) is 42.5 Å². The molecular weight excluding hydrogens is 256 g/mol. The van der Waals surface area contributed by atoms with E-state index in [9.17, 15) is 0 Å². The van der Waals surface area contributed by atoms with Crippen LogP contribution in [0, 0.1) is 11.8 Å². The maximum Gasteiger partial charge on any atom is 0.0362 e. The van der Waals surface area contributed by atoms with Crippen molar-refractivity contribution in [3.63, 3.8) is 0 Å². The van der Waals surface area contributed by atoms with Crippen molar-refractivity contribution in [1.29, 1.82) is 0 Å². The number of nitrogens with zero attached hydrogens (tertiary/aromatic N) is 2. The topological polar surface area (TPSA) is 6.48 Å². The zero-order chi connectivity index (χ0) is 15.2. The van der Waals surface area contributed by atoms with Crippen molar-refractivity contribution in [2.24, 2.45) is 11.8 Å². The van der Waals surface area contributed by atoms with Crippen molar-refractivity contribution in [2.45, 2.75) is 39.5 Å². The van der Waals surface area contributed by atoms with Gasteiger partial charge in [0.1, 0.15) is 0 Å². The molecule has 0 aromatic carbocycles. The molecule has 2 saturated heterocycles. The van der Waals surface area contributed by atoms with Crippen LogP contribution in [-0.2, 0) is 0 Å². The number of likely N-dealkylation sites (tertiary alicyclic amines) is 2. The molecule has 0 unspecified atom stereocenters. The summed E-state index contributed by atoms with van der Waals surface area (Å²) in [5.41, 5.74) is 2.35. The third-order valence-electron chi connectivity index (χ3n) is 4.98. The molecule has 0 amide bonds. The van der Waals surface area contributed by atoms with Gasteiger partial charge in [-0.25, -0.2) is 0 Å². The monoisotopic (exact) mass is 288 g/mol. The highest BCUT2D eigenvalue weighted by molar-refractivity contribution is 5.25. The zero-order valence-electron chi connectivity index (χ0n) is 14.0. The first kappa shape index (κ1) is 16.4. The average Bonchev–Trinajstić information content (AvgIpc) is 2.48. The zero-order valence-corrected chi connectivity index (χ0v) is 14.0. The molecule has 2 heteroatoms. The normalized spacial score (nSPS) is 23.3. The summed E-state index contributed by atoms with van der Waals surface area (Å²) in [6, 6.07) is 0. The Bertz CT molecular complexity index is 380. The molecule has 2 fully saturated rings. The Balaban J connectivity index is 1.77. The standard InChI is InChI=1S/C19H32N2/c1-5-19(14-16(2)3)21-12-8-18(9-13-21)15-20-10-6-17(4)7-11-20/h5,14,17-18H,1-2,6-13,15H2,3-4H3/b19-14+. The van der Waals surface area contributed by atoms with E-state index in [2.05, 4.69) is 36.0 Å². The van der Waals surface area contributed by atoms with Gasteiger partial charge >= 0.3 is 0 Å². The molecule has 2 heterocycles. The summed E-state index contributed by atoms with van der Waals surface area (Å²) < 4.78 is 0. The van der Waals surface area contributed by atoms with E-state index in [0.29, 0.717) is 0 Å². The van der Waals surface area contributed by atoms with E-state index in [0.717, 1.165) is 17.4 Å². The lowest BCUT2D eigenvalue weighted by molar-refractivity contribution is 0.133. The molecule has 2 aliphatic heterocycles. The SMILES string of the molecule is C=C/C(=C\C(=C)C)N1CCC(CN2CCC(C)CC2)CC1. The highest BCUT2D eigenvalue weighted by Gasteiger charge is 2.23. The molecule has 2 nitrogen and oxygen atoms in total. The van der Waals surface area contributed by atoms with E-state index in [4.69, 9.17) is 0 Å². The smallest absolute Gasteiger partial charge is 0.0362 e. The molecule has 0 bridgehead atoms. The predicted molar refractivity (Wildman–Crippen MR) is 92.2 cm³/mol. The fourth-order valence-corrected chi connectivity index (χ4v) is 3.52. The quantitative estimate of drug-likeness (QED) is 0.703. The average molecular weight is 288 g/mol. The van der Waals surface area contributed by atoms with Gasteiger partial charge in [0.15, 0.2) is 0 Å². The molecule has 0 radical (unpaired) electrons. The highest BCUT2D eigenvalue weighted by atomic mass is 15.2. The van der Waals surface area contributed by atoms with E-state index in [-0.39, 0.29) is 0 Å². The van der Waals surface area contributed by atoms with E-state index in [1.165, 1.54) is 64.1 Å². The molecule has 21 heavy (non-hydrogen) atoms. The van der Waals surface area contributed by atoms with Gasteiger partial charge in [0.2, 0.25) is 0 Å². The van der Waals surface area contributed by atoms with E-state index >= 15 is 0 Å². The molecule has 2 aliphatic rings. The minimum Gasteiger partial charge on any atom is -0.372 e. The van der Waals surface area contributed by atoms with Crippen molar-refractivity contribution < 1.29 is 0 Å². The van der Waals surface area contributed by atoms with Crippen LogP contribution in [0.5, 0.6) is 0 Å². The molecule has 2 rings (SSSR count). The van der Waals surface area contributed by atoms with Crippen LogP contribution < -0.4 is 0 Å². The lowest BCUT2D eigenvalue weighted by atomic mass is 9.93. The Kier molecular flexibility index (Phi) is 6.10. The Morgan fingerprint density at radius 1 is 1.10 bits per heavy atom. The van der Waals surface area contributed by atoms with Gasteiger partial charge in [0, 0.05) is 25.3 Å². The predicted octanol–water partition coefficient (Wildman–Crippen LogP) is 4.08. The second-order valence-electron chi connectivity index (χ2n) is 7.03. The molecule has 0 aliphatic carbocycles. The fourth-order valence-electron chi connectivity index (χ4n) is 3.52. The minimum absolute atomic E-state index is 0.880. The van der Waals surface area contributed by atoms with E-state index in [1.54, 1.807) is 0 Å². The van der Waals surface area contributed by atoms with Crippen LogP contribution in [0.25, 0.3) is 0 Å². The van der Waals surface area contributed by atoms with Crippen LogP contribution in [0.1, 0.15) is 39.5 Å². The van der Waals surface area contributed by atoms with Crippen molar-refractivity contribution in [2.75, 3.05) is 32.7 Å². The number of piperidine rings is 2. The van der Waals surface area contributed by atoms with Gasteiger partial charge in [0.05, 0.1) is 0 Å². The van der Waals surface area contributed by atoms with Gasteiger partial charge in [-0.3, -0.25) is 0 Å². The second-order valence-corrected chi connectivity index (χ2v) is 7.03. The maximum absolute atomic E-state index is 3.98. The Hall–Kier alpha value is -1.02. The number of allylic oxidation sites excluding steroid dienone is 3. The van der Waals surface area contributed by atoms with Crippen LogP contribution in [0.4, 0.5) is 0 Å². The maximum atomic E-state index is 3.98. The minimum atomic E-state index is 0.880. The third-order valence-corrected chi connectivity index (χ3v) is 4.98.